The molecule has 3 aromatic carbocycles. The molecular formula is C25H20ClNO3. The van der Waals surface area contributed by atoms with Gasteiger partial charge in [0.2, 0.25) is 0 Å². The van der Waals surface area contributed by atoms with Crippen molar-refractivity contribution in [3.8, 4) is 16.9 Å². The van der Waals surface area contributed by atoms with E-state index < -0.39 is 0 Å². The molecule has 1 aliphatic heterocycles. The van der Waals surface area contributed by atoms with Crippen LogP contribution in [0.5, 0.6) is 5.75 Å². The van der Waals surface area contributed by atoms with E-state index in [2.05, 4.69) is 17.9 Å². The van der Waals surface area contributed by atoms with Crippen LogP contribution in [-0.4, -0.2) is 6.73 Å². The van der Waals surface area contributed by atoms with Crippen molar-refractivity contribution in [2.45, 2.75) is 20.4 Å². The van der Waals surface area contributed by atoms with Gasteiger partial charge >= 0.3 is 5.63 Å². The maximum atomic E-state index is 12.3. The molecule has 5 heteroatoms. The van der Waals surface area contributed by atoms with Crippen molar-refractivity contribution in [1.29, 1.82) is 0 Å². The Labute approximate surface area is 179 Å². The Balaban J connectivity index is 1.68. The minimum Gasteiger partial charge on any atom is -0.472 e. The Hall–Kier alpha value is -3.24. The van der Waals surface area contributed by atoms with Crippen molar-refractivity contribution >= 4 is 28.3 Å². The highest BCUT2D eigenvalue weighted by Gasteiger charge is 2.24. The van der Waals surface area contributed by atoms with E-state index in [0.717, 1.165) is 44.6 Å². The van der Waals surface area contributed by atoms with Gasteiger partial charge in [0.05, 0.1) is 0 Å². The SMILES string of the molecule is Cc1ccc(Cl)cc1N1COc2c(cc3c(-c4ccccc4)cc(=O)oc3c2C)C1. The zero-order valence-corrected chi connectivity index (χ0v) is 17.5. The fourth-order valence-corrected chi connectivity index (χ4v) is 4.32. The van der Waals surface area contributed by atoms with E-state index in [9.17, 15) is 4.79 Å². The zero-order chi connectivity index (χ0) is 20.8. The average Bonchev–Trinajstić information content (AvgIpc) is 2.76. The Morgan fingerprint density at radius 1 is 1.00 bits per heavy atom. The van der Waals surface area contributed by atoms with Crippen LogP contribution < -0.4 is 15.3 Å². The van der Waals surface area contributed by atoms with Crippen LogP contribution in [0.4, 0.5) is 5.69 Å². The van der Waals surface area contributed by atoms with E-state index >= 15 is 0 Å². The lowest BCUT2D eigenvalue weighted by Gasteiger charge is -2.33. The smallest absolute Gasteiger partial charge is 0.336 e. The monoisotopic (exact) mass is 417 g/mol. The summed E-state index contributed by atoms with van der Waals surface area (Å²) in [7, 11) is 0. The van der Waals surface area contributed by atoms with Crippen molar-refractivity contribution in [3.63, 3.8) is 0 Å². The minimum absolute atomic E-state index is 0.364. The third-order valence-electron chi connectivity index (χ3n) is 5.61. The highest BCUT2D eigenvalue weighted by molar-refractivity contribution is 6.30. The molecule has 0 aliphatic carbocycles. The van der Waals surface area contributed by atoms with E-state index in [0.29, 0.717) is 23.9 Å². The molecule has 0 saturated heterocycles. The van der Waals surface area contributed by atoms with Crippen molar-refractivity contribution < 1.29 is 9.15 Å². The summed E-state index contributed by atoms with van der Waals surface area (Å²) in [6.45, 7) is 5.10. The van der Waals surface area contributed by atoms with Crippen molar-refractivity contribution in [3.05, 3.63) is 92.8 Å². The lowest BCUT2D eigenvalue weighted by Crippen LogP contribution is -2.32. The van der Waals surface area contributed by atoms with Gasteiger partial charge in [0.25, 0.3) is 0 Å². The largest absolute Gasteiger partial charge is 0.472 e. The number of fused-ring (bicyclic) bond motifs is 2. The summed E-state index contributed by atoms with van der Waals surface area (Å²) in [5.41, 5.74) is 6.15. The molecule has 2 heterocycles. The summed E-state index contributed by atoms with van der Waals surface area (Å²) in [5.74, 6) is 0.784. The molecule has 0 atom stereocenters. The lowest BCUT2D eigenvalue weighted by atomic mass is 9.97. The summed E-state index contributed by atoms with van der Waals surface area (Å²) in [6, 6.07) is 19.4. The van der Waals surface area contributed by atoms with E-state index in [1.54, 1.807) is 6.07 Å². The van der Waals surface area contributed by atoms with Crippen molar-refractivity contribution in [1.82, 2.24) is 0 Å². The molecule has 0 amide bonds. The fourth-order valence-electron chi connectivity index (χ4n) is 4.16. The van der Waals surface area contributed by atoms with Gasteiger partial charge in [-0.3, -0.25) is 0 Å². The van der Waals surface area contributed by atoms with Gasteiger partial charge in [0, 0.05) is 39.8 Å². The molecule has 30 heavy (non-hydrogen) atoms. The van der Waals surface area contributed by atoms with E-state index in [1.807, 2.05) is 55.5 Å². The van der Waals surface area contributed by atoms with Gasteiger partial charge < -0.3 is 14.1 Å². The van der Waals surface area contributed by atoms with E-state index in [-0.39, 0.29) is 5.63 Å². The Morgan fingerprint density at radius 3 is 2.60 bits per heavy atom. The molecule has 0 bridgehead atoms. The number of aryl methyl sites for hydroxylation is 2. The average molecular weight is 418 g/mol. The third-order valence-corrected chi connectivity index (χ3v) is 5.85. The van der Waals surface area contributed by atoms with Gasteiger partial charge in [-0.1, -0.05) is 48.0 Å². The first-order chi connectivity index (χ1) is 14.5. The molecule has 0 radical (unpaired) electrons. The summed E-state index contributed by atoms with van der Waals surface area (Å²) >= 11 is 6.23. The Kier molecular flexibility index (Phi) is 4.52. The topological polar surface area (TPSA) is 42.7 Å². The van der Waals surface area contributed by atoms with E-state index in [1.165, 1.54) is 0 Å². The molecule has 4 aromatic rings. The molecule has 0 fully saturated rings. The summed E-state index contributed by atoms with van der Waals surface area (Å²) < 4.78 is 11.7. The zero-order valence-electron chi connectivity index (χ0n) is 16.7. The number of hydrogen-bond donors (Lipinski definition) is 0. The molecule has 150 valence electrons. The third kappa shape index (κ3) is 3.14. The first kappa shape index (κ1) is 18.8. The second-order valence-corrected chi connectivity index (χ2v) is 8.05. The number of benzene rings is 3. The predicted octanol–water partition coefficient (Wildman–Crippen LogP) is 6.09. The number of ether oxygens (including phenoxy) is 1. The van der Waals surface area contributed by atoms with Crippen molar-refractivity contribution in [2.75, 3.05) is 11.6 Å². The second-order valence-electron chi connectivity index (χ2n) is 7.61. The van der Waals surface area contributed by atoms with Gasteiger partial charge in [0.15, 0.2) is 6.73 Å². The van der Waals surface area contributed by atoms with Gasteiger partial charge in [-0.25, -0.2) is 4.79 Å². The number of halogens is 1. The van der Waals surface area contributed by atoms with Crippen LogP contribution in [0.2, 0.25) is 5.02 Å². The summed E-state index contributed by atoms with van der Waals surface area (Å²) in [4.78, 5) is 14.4. The van der Waals surface area contributed by atoms with Crippen LogP contribution in [0.1, 0.15) is 16.7 Å². The molecule has 5 rings (SSSR count). The van der Waals surface area contributed by atoms with Gasteiger partial charge in [-0.15, -0.1) is 0 Å². The number of hydrogen-bond acceptors (Lipinski definition) is 4. The Morgan fingerprint density at radius 2 is 1.80 bits per heavy atom. The van der Waals surface area contributed by atoms with Crippen LogP contribution >= 0.6 is 11.6 Å². The van der Waals surface area contributed by atoms with Crippen LogP contribution in [0.3, 0.4) is 0 Å². The number of anilines is 1. The van der Waals surface area contributed by atoms with Crippen LogP contribution in [0, 0.1) is 13.8 Å². The van der Waals surface area contributed by atoms with Gasteiger partial charge in [0.1, 0.15) is 11.3 Å². The maximum Gasteiger partial charge on any atom is 0.336 e. The summed E-state index contributed by atoms with van der Waals surface area (Å²) in [5, 5.41) is 1.61. The predicted molar refractivity (Wildman–Crippen MR) is 121 cm³/mol. The summed E-state index contributed by atoms with van der Waals surface area (Å²) in [6.07, 6.45) is 0. The minimum atomic E-state index is -0.364. The molecule has 1 aromatic heterocycles. The van der Waals surface area contributed by atoms with Crippen LogP contribution in [0.25, 0.3) is 22.1 Å². The molecule has 1 aliphatic rings. The van der Waals surface area contributed by atoms with Crippen molar-refractivity contribution in [2.24, 2.45) is 0 Å². The van der Waals surface area contributed by atoms with Crippen LogP contribution in [-0.2, 0) is 6.54 Å². The first-order valence-electron chi connectivity index (χ1n) is 9.81. The lowest BCUT2D eigenvalue weighted by molar-refractivity contribution is 0.287. The standard InChI is InChI=1S/C25H20ClNO3/c1-15-8-9-19(26)11-22(15)27-13-18-10-21-20(17-6-4-3-5-7-17)12-23(28)30-25(21)16(2)24(18)29-14-27/h3-12H,13-14H2,1-2H3. The Bertz CT molecular complexity index is 1330. The first-order valence-corrected chi connectivity index (χ1v) is 10.2. The molecule has 0 spiro atoms. The fraction of sp³-hybridized carbons (Fsp3) is 0.160. The van der Waals surface area contributed by atoms with E-state index in [4.69, 9.17) is 20.8 Å². The van der Waals surface area contributed by atoms with Gasteiger partial charge in [-0.2, -0.15) is 0 Å². The normalized spacial score (nSPS) is 13.2. The number of rotatable bonds is 2. The molecule has 0 saturated carbocycles. The highest BCUT2D eigenvalue weighted by Crippen LogP contribution is 2.39. The molecule has 4 nitrogen and oxygen atoms in total. The maximum absolute atomic E-state index is 12.3. The molecular weight excluding hydrogens is 398 g/mol. The van der Waals surface area contributed by atoms with Crippen LogP contribution in [0.15, 0.2) is 69.9 Å². The quantitative estimate of drug-likeness (QED) is 0.370. The highest BCUT2D eigenvalue weighted by atomic mass is 35.5. The van der Waals surface area contributed by atoms with Gasteiger partial charge in [-0.05, 0) is 48.7 Å². The molecule has 0 N–H and O–H groups in total. The second kappa shape index (κ2) is 7.22. The number of nitrogens with zero attached hydrogens (tertiary/aromatic N) is 1. The molecule has 0 unspecified atom stereocenters.